The fourth-order valence-electron chi connectivity index (χ4n) is 4.82. The monoisotopic (exact) mass is 466 g/mol. The third-order valence-electron chi connectivity index (χ3n) is 6.43. The minimum absolute atomic E-state index is 0.159. The van der Waals surface area contributed by atoms with Crippen LogP contribution in [0.5, 0.6) is 0 Å². The van der Waals surface area contributed by atoms with Gasteiger partial charge in [0, 0.05) is 28.9 Å². The molecule has 2 aromatic carbocycles. The first-order chi connectivity index (χ1) is 15.8. The SMILES string of the molecule is CCN1CCC[C@H]1CN(Cc1cc2cc(C)cc(C)c2[nH]c1=O)C(=O)Nc1cccc(Cl)c1. The van der Waals surface area contributed by atoms with E-state index in [4.69, 9.17) is 11.6 Å². The number of urea groups is 1. The molecular weight excluding hydrogens is 436 g/mol. The van der Waals surface area contributed by atoms with Gasteiger partial charge in [0.1, 0.15) is 0 Å². The third kappa shape index (κ3) is 5.40. The third-order valence-corrected chi connectivity index (χ3v) is 6.67. The van der Waals surface area contributed by atoms with Crippen LogP contribution in [0.1, 0.15) is 36.5 Å². The highest BCUT2D eigenvalue weighted by Gasteiger charge is 2.28. The summed E-state index contributed by atoms with van der Waals surface area (Å²) in [5.74, 6) is 0. The van der Waals surface area contributed by atoms with E-state index in [0.29, 0.717) is 22.8 Å². The zero-order valence-electron chi connectivity index (χ0n) is 19.5. The Hall–Kier alpha value is -2.83. The summed E-state index contributed by atoms with van der Waals surface area (Å²) in [7, 11) is 0. The van der Waals surface area contributed by atoms with Crippen LogP contribution >= 0.6 is 11.6 Å². The maximum Gasteiger partial charge on any atom is 0.322 e. The summed E-state index contributed by atoms with van der Waals surface area (Å²) in [6.45, 7) is 8.97. The molecule has 33 heavy (non-hydrogen) atoms. The summed E-state index contributed by atoms with van der Waals surface area (Å²) >= 11 is 6.10. The summed E-state index contributed by atoms with van der Waals surface area (Å²) in [4.78, 5) is 33.5. The highest BCUT2D eigenvalue weighted by molar-refractivity contribution is 6.30. The lowest BCUT2D eigenvalue weighted by atomic mass is 10.0. The largest absolute Gasteiger partial charge is 0.322 e. The maximum atomic E-state index is 13.3. The number of carbonyl (C=O) groups is 1. The van der Waals surface area contributed by atoms with Crippen molar-refractivity contribution in [3.8, 4) is 0 Å². The topological polar surface area (TPSA) is 68.4 Å². The predicted octanol–water partition coefficient (Wildman–Crippen LogP) is 5.32. The lowest BCUT2D eigenvalue weighted by Crippen LogP contribution is -2.45. The number of fused-ring (bicyclic) bond motifs is 1. The van der Waals surface area contributed by atoms with Crippen LogP contribution in [0.15, 0.2) is 47.3 Å². The van der Waals surface area contributed by atoms with Crippen LogP contribution in [-0.4, -0.2) is 46.5 Å². The fraction of sp³-hybridized carbons (Fsp3) is 0.385. The average molecular weight is 467 g/mol. The van der Waals surface area contributed by atoms with Gasteiger partial charge in [-0.05, 0) is 81.1 Å². The van der Waals surface area contributed by atoms with Crippen LogP contribution in [0.25, 0.3) is 10.9 Å². The Kier molecular flexibility index (Phi) is 7.05. The van der Waals surface area contributed by atoms with Gasteiger partial charge in [0.15, 0.2) is 0 Å². The number of halogens is 1. The van der Waals surface area contributed by atoms with Crippen LogP contribution in [0.2, 0.25) is 5.02 Å². The molecule has 0 radical (unpaired) electrons. The Morgan fingerprint density at radius 1 is 1.24 bits per heavy atom. The quantitative estimate of drug-likeness (QED) is 0.516. The van der Waals surface area contributed by atoms with Crippen molar-refractivity contribution in [2.45, 2.75) is 46.2 Å². The molecule has 0 unspecified atom stereocenters. The Bertz CT molecular complexity index is 1220. The predicted molar refractivity (Wildman–Crippen MR) is 135 cm³/mol. The van der Waals surface area contributed by atoms with E-state index in [2.05, 4.69) is 34.3 Å². The number of anilines is 1. The number of amides is 2. The van der Waals surface area contributed by atoms with Crippen molar-refractivity contribution in [1.82, 2.24) is 14.8 Å². The lowest BCUT2D eigenvalue weighted by molar-refractivity contribution is 0.174. The Balaban J connectivity index is 1.64. The number of aromatic nitrogens is 1. The summed E-state index contributed by atoms with van der Waals surface area (Å²) in [6.07, 6.45) is 2.17. The molecule has 0 aliphatic carbocycles. The molecule has 2 amide bonds. The minimum Gasteiger partial charge on any atom is -0.321 e. The number of hydrogen-bond donors (Lipinski definition) is 2. The van der Waals surface area contributed by atoms with Crippen molar-refractivity contribution in [3.05, 3.63) is 74.5 Å². The smallest absolute Gasteiger partial charge is 0.321 e. The second kappa shape index (κ2) is 9.98. The molecule has 0 bridgehead atoms. The van der Waals surface area contributed by atoms with Crippen LogP contribution in [0, 0.1) is 13.8 Å². The number of nitrogens with one attached hydrogen (secondary N) is 2. The van der Waals surface area contributed by atoms with E-state index in [1.165, 1.54) is 0 Å². The maximum absolute atomic E-state index is 13.3. The average Bonchev–Trinajstić information content (AvgIpc) is 3.21. The number of rotatable bonds is 6. The fourth-order valence-corrected chi connectivity index (χ4v) is 5.01. The standard InChI is InChI=1S/C26H31ClN4O2/c1-4-30-10-6-9-23(30)16-31(26(33)28-22-8-5-7-21(27)14-22)15-20-13-19-12-17(2)11-18(3)24(19)29-25(20)32/h5,7-8,11-14,23H,4,6,9-10,15-16H2,1-3H3,(H,28,33)(H,29,32)/t23-/m0/s1. The molecule has 1 atom stereocenters. The van der Waals surface area contributed by atoms with Crippen LogP contribution in [-0.2, 0) is 6.54 Å². The number of aromatic amines is 1. The van der Waals surface area contributed by atoms with Crippen molar-refractivity contribution in [2.75, 3.05) is 25.0 Å². The second-order valence-corrected chi connectivity index (χ2v) is 9.35. The zero-order valence-corrected chi connectivity index (χ0v) is 20.2. The molecule has 4 rings (SSSR count). The first-order valence-electron chi connectivity index (χ1n) is 11.5. The molecule has 1 fully saturated rings. The molecule has 1 saturated heterocycles. The molecule has 1 aliphatic heterocycles. The number of aryl methyl sites for hydroxylation is 2. The Morgan fingerprint density at radius 3 is 2.82 bits per heavy atom. The van der Waals surface area contributed by atoms with E-state index >= 15 is 0 Å². The van der Waals surface area contributed by atoms with E-state index in [1.54, 1.807) is 23.1 Å². The summed E-state index contributed by atoms with van der Waals surface area (Å²) in [6, 6.07) is 13.2. The highest BCUT2D eigenvalue weighted by Crippen LogP contribution is 2.22. The van der Waals surface area contributed by atoms with Crippen LogP contribution in [0.3, 0.4) is 0 Å². The Labute approximate surface area is 199 Å². The van der Waals surface area contributed by atoms with Crippen molar-refractivity contribution in [2.24, 2.45) is 0 Å². The normalized spacial score (nSPS) is 16.3. The highest BCUT2D eigenvalue weighted by atomic mass is 35.5. The second-order valence-electron chi connectivity index (χ2n) is 8.92. The molecule has 3 aromatic rings. The van der Waals surface area contributed by atoms with Crippen LogP contribution < -0.4 is 10.9 Å². The first kappa shape index (κ1) is 23.3. The zero-order chi connectivity index (χ0) is 23.5. The molecule has 0 spiro atoms. The molecular formula is C26H31ClN4O2. The van der Waals surface area contributed by atoms with Gasteiger partial charge in [0.05, 0.1) is 12.1 Å². The molecule has 1 aromatic heterocycles. The number of pyridine rings is 1. The van der Waals surface area contributed by atoms with E-state index in [-0.39, 0.29) is 24.2 Å². The number of hydrogen-bond acceptors (Lipinski definition) is 3. The number of likely N-dealkylation sites (N-methyl/N-ethyl adjacent to an activating group) is 1. The van der Waals surface area contributed by atoms with Gasteiger partial charge in [0.25, 0.3) is 5.56 Å². The Morgan fingerprint density at radius 2 is 2.06 bits per heavy atom. The molecule has 1 aliphatic rings. The van der Waals surface area contributed by atoms with Gasteiger partial charge in [-0.3, -0.25) is 9.69 Å². The van der Waals surface area contributed by atoms with Crippen molar-refractivity contribution >= 4 is 34.2 Å². The summed E-state index contributed by atoms with van der Waals surface area (Å²) in [5.41, 5.74) is 4.07. The van der Waals surface area contributed by atoms with Gasteiger partial charge in [-0.25, -0.2) is 4.79 Å². The minimum atomic E-state index is -0.236. The first-order valence-corrected chi connectivity index (χ1v) is 11.9. The molecule has 2 N–H and O–H groups in total. The number of carbonyl (C=O) groups excluding carboxylic acids is 1. The summed E-state index contributed by atoms with van der Waals surface area (Å²) < 4.78 is 0. The number of benzene rings is 2. The van der Waals surface area contributed by atoms with E-state index < -0.39 is 0 Å². The van der Waals surface area contributed by atoms with Gasteiger partial charge in [-0.1, -0.05) is 36.2 Å². The van der Waals surface area contributed by atoms with Gasteiger partial charge in [-0.15, -0.1) is 0 Å². The van der Waals surface area contributed by atoms with Gasteiger partial charge in [0.2, 0.25) is 0 Å². The molecule has 174 valence electrons. The van der Waals surface area contributed by atoms with Crippen LogP contribution in [0.4, 0.5) is 10.5 Å². The number of H-pyrrole nitrogens is 1. The number of likely N-dealkylation sites (tertiary alicyclic amines) is 1. The molecule has 0 saturated carbocycles. The molecule has 2 heterocycles. The van der Waals surface area contributed by atoms with Gasteiger partial charge < -0.3 is 15.2 Å². The van der Waals surface area contributed by atoms with Crippen molar-refractivity contribution in [3.63, 3.8) is 0 Å². The van der Waals surface area contributed by atoms with E-state index in [1.807, 2.05) is 26.0 Å². The molecule has 6 nitrogen and oxygen atoms in total. The van der Waals surface area contributed by atoms with Gasteiger partial charge in [-0.2, -0.15) is 0 Å². The van der Waals surface area contributed by atoms with E-state index in [9.17, 15) is 9.59 Å². The van der Waals surface area contributed by atoms with Crippen molar-refractivity contribution < 1.29 is 4.79 Å². The molecule has 7 heteroatoms. The number of nitrogens with zero attached hydrogens (tertiary/aromatic N) is 2. The van der Waals surface area contributed by atoms with E-state index in [0.717, 1.165) is 48.0 Å². The summed E-state index contributed by atoms with van der Waals surface area (Å²) in [5, 5.41) is 4.50. The van der Waals surface area contributed by atoms with Crippen molar-refractivity contribution in [1.29, 1.82) is 0 Å². The van der Waals surface area contributed by atoms with Gasteiger partial charge >= 0.3 is 6.03 Å². The lowest BCUT2D eigenvalue weighted by Gasteiger charge is -2.30.